The van der Waals surface area contributed by atoms with Crippen molar-refractivity contribution in [3.8, 4) is 0 Å². The highest BCUT2D eigenvalue weighted by Crippen LogP contribution is 2.26. The molecular weight excluding hydrogens is 1320 g/mol. The van der Waals surface area contributed by atoms with Gasteiger partial charge in [-0.2, -0.15) is 0 Å². The SMILES string of the molecule is CCC(C)[C@H](N)C1=NCC(NC(=O)[C@@H](CC(C)C)C(=O)N[C@H](CCC(=O)O)C(=O)N[C@H](C(=O)N[C@H]2CCCCNC(=O)[C@H](CC(N)=O)NC(=O)[C@@H](CC(=O)O)NC(=O)[C@H](Cc3cnc[nH]3)NC(=O)[C@@H](Cc3ccccc3)NC(=O)[C@H](C(C)CC)NC(=O)[C@@H](CCCN)NC2=O)C(C)CC)S1. The molecule has 1 aromatic carbocycles. The molecule has 1 aromatic heterocycles. The summed E-state index contributed by atoms with van der Waals surface area (Å²) in [6.45, 7) is 14.3. The maximum atomic E-state index is 14.9. The summed E-state index contributed by atoms with van der Waals surface area (Å²) in [6.07, 6.45) is 0.259. The third-order valence-corrected chi connectivity index (χ3v) is 18.7. The molecule has 0 saturated carbocycles. The lowest BCUT2D eigenvalue weighted by molar-refractivity contribution is -0.142. The number of nitrogens with one attached hydrogen (secondary N) is 12. The molecule has 1 fully saturated rings. The van der Waals surface area contributed by atoms with E-state index in [9.17, 15) is 77.3 Å². The number of thioether (sulfide) groups is 1. The Labute approximate surface area is 586 Å². The van der Waals surface area contributed by atoms with Crippen LogP contribution in [0.3, 0.4) is 0 Å². The topological polar surface area (TPSA) is 531 Å². The predicted octanol–water partition coefficient (Wildman–Crippen LogP) is -1.47. The molecule has 34 heteroatoms. The smallest absolute Gasteiger partial charge is 0.305 e. The highest BCUT2D eigenvalue weighted by Gasteiger charge is 2.40. The van der Waals surface area contributed by atoms with E-state index in [0.29, 0.717) is 16.3 Å². The van der Waals surface area contributed by atoms with Crippen LogP contribution in [0.15, 0.2) is 47.8 Å². The summed E-state index contributed by atoms with van der Waals surface area (Å²) >= 11 is 1.28. The molecule has 100 heavy (non-hydrogen) atoms. The fourth-order valence-corrected chi connectivity index (χ4v) is 12.0. The lowest BCUT2D eigenvalue weighted by Gasteiger charge is -2.30. The molecule has 2 aliphatic heterocycles. The van der Waals surface area contributed by atoms with Gasteiger partial charge in [-0.3, -0.25) is 72.1 Å². The van der Waals surface area contributed by atoms with Crippen LogP contribution in [-0.2, 0) is 80.0 Å². The van der Waals surface area contributed by atoms with E-state index < -0.39 is 186 Å². The molecule has 15 atom stereocenters. The van der Waals surface area contributed by atoms with Crippen molar-refractivity contribution in [2.75, 3.05) is 19.6 Å². The number of nitrogens with zero attached hydrogens (tertiary/aromatic N) is 2. The van der Waals surface area contributed by atoms with Crippen molar-refractivity contribution in [3.05, 3.63) is 54.1 Å². The minimum atomic E-state index is -1.94. The molecule has 2 aliphatic rings. The van der Waals surface area contributed by atoms with E-state index in [0.717, 1.165) is 6.42 Å². The zero-order valence-corrected chi connectivity index (χ0v) is 59.0. The number of amides is 12. The monoisotopic (exact) mass is 1420 g/mol. The van der Waals surface area contributed by atoms with Crippen molar-refractivity contribution in [1.29, 1.82) is 0 Å². The second-order valence-corrected chi connectivity index (χ2v) is 27.2. The minimum Gasteiger partial charge on any atom is -0.481 e. The average molecular weight is 1420 g/mol. The first-order valence-corrected chi connectivity index (χ1v) is 35.0. The summed E-state index contributed by atoms with van der Waals surface area (Å²) in [7, 11) is 0. The van der Waals surface area contributed by atoms with Crippen LogP contribution in [0.4, 0.5) is 0 Å². The summed E-state index contributed by atoms with van der Waals surface area (Å²) in [5, 5.41) is 48.6. The lowest BCUT2D eigenvalue weighted by Crippen LogP contribution is -2.62. The van der Waals surface area contributed by atoms with Crippen LogP contribution in [0.1, 0.15) is 150 Å². The molecule has 0 aliphatic carbocycles. The zero-order chi connectivity index (χ0) is 74.3. The van der Waals surface area contributed by atoms with Gasteiger partial charge in [0.05, 0.1) is 36.8 Å². The number of hydrogen-bond donors (Lipinski definition) is 17. The number of aromatic nitrogens is 2. The number of nitrogens with two attached hydrogens (primary N) is 3. The van der Waals surface area contributed by atoms with Gasteiger partial charge in [0.15, 0.2) is 0 Å². The second kappa shape index (κ2) is 42.1. The van der Waals surface area contributed by atoms with Gasteiger partial charge >= 0.3 is 11.9 Å². The van der Waals surface area contributed by atoms with Gasteiger partial charge in [0, 0.05) is 37.7 Å². The molecular formula is C66H103N17O16S. The maximum absolute atomic E-state index is 14.9. The van der Waals surface area contributed by atoms with Gasteiger partial charge < -0.3 is 90.9 Å². The Morgan fingerprint density at radius 1 is 0.660 bits per heavy atom. The Balaban J connectivity index is 1.77. The number of rotatable bonds is 31. The molecule has 0 bridgehead atoms. The second-order valence-electron chi connectivity index (χ2n) is 25.9. The summed E-state index contributed by atoms with van der Waals surface area (Å²) in [4.78, 5) is 207. The highest BCUT2D eigenvalue weighted by atomic mass is 32.2. The number of hydrogen-bond acceptors (Lipinski definition) is 19. The number of H-pyrrole nitrogens is 1. The third-order valence-electron chi connectivity index (χ3n) is 17.5. The number of carboxylic acid groups (broad SMARTS) is 2. The third kappa shape index (κ3) is 27.6. The van der Waals surface area contributed by atoms with Gasteiger partial charge in [-0.1, -0.05) is 117 Å². The number of carbonyl (C=O) groups is 14. The largest absolute Gasteiger partial charge is 0.481 e. The summed E-state index contributed by atoms with van der Waals surface area (Å²) in [5.74, 6) is -17.3. The Bertz CT molecular complexity index is 3160. The maximum Gasteiger partial charge on any atom is 0.305 e. The van der Waals surface area contributed by atoms with Gasteiger partial charge in [-0.05, 0) is 80.7 Å². The number of primary amides is 1. The summed E-state index contributed by atoms with van der Waals surface area (Å²) < 4.78 is 0. The van der Waals surface area contributed by atoms with Crippen LogP contribution < -0.4 is 75.7 Å². The van der Waals surface area contributed by atoms with E-state index >= 15 is 0 Å². The van der Waals surface area contributed by atoms with E-state index in [1.165, 1.54) is 24.3 Å². The first-order chi connectivity index (χ1) is 47.4. The van der Waals surface area contributed by atoms with Gasteiger partial charge in [0.25, 0.3) is 0 Å². The average Bonchev–Trinajstić information content (AvgIpc) is 1.03. The number of imidazole rings is 1. The number of aliphatic imine (C=N–C) groups is 1. The Hall–Kier alpha value is -9.05. The molecule has 3 heterocycles. The number of benzene rings is 1. The van der Waals surface area contributed by atoms with Crippen molar-refractivity contribution in [3.63, 3.8) is 0 Å². The minimum absolute atomic E-state index is 0.00125. The van der Waals surface area contributed by atoms with Crippen LogP contribution >= 0.6 is 11.8 Å². The van der Waals surface area contributed by atoms with Crippen molar-refractivity contribution in [2.45, 2.75) is 217 Å². The Morgan fingerprint density at radius 3 is 1.86 bits per heavy atom. The van der Waals surface area contributed by atoms with Gasteiger partial charge in [-0.15, -0.1) is 0 Å². The Kier molecular flexibility index (Phi) is 35.1. The van der Waals surface area contributed by atoms with Crippen molar-refractivity contribution >= 4 is 99.6 Å². The van der Waals surface area contributed by atoms with Crippen LogP contribution in [0, 0.1) is 29.6 Å². The van der Waals surface area contributed by atoms with E-state index in [2.05, 4.69) is 73.4 Å². The normalized spacial score (nSPS) is 23.1. The predicted molar refractivity (Wildman–Crippen MR) is 369 cm³/mol. The summed E-state index contributed by atoms with van der Waals surface area (Å²) in [6, 6.07) is -6.27. The van der Waals surface area contributed by atoms with Gasteiger partial charge in [0.2, 0.25) is 70.9 Å². The Morgan fingerprint density at radius 2 is 1.27 bits per heavy atom. The lowest BCUT2D eigenvalue weighted by atomic mass is 9.94. The van der Waals surface area contributed by atoms with E-state index in [1.807, 2.05) is 13.8 Å². The van der Waals surface area contributed by atoms with Crippen LogP contribution in [0.5, 0.6) is 0 Å². The number of carbonyl (C=O) groups excluding carboxylic acids is 12. The van der Waals surface area contributed by atoms with Crippen molar-refractivity contribution in [1.82, 2.24) is 68.5 Å². The standard InChI is InChI=1S/C66H103N17O16S/c1-9-35(6)52(69)66-72-32-49(100-66)81-56(90)40(26-34(4)5)55(89)74-43(22-23-50(85)86)60(94)83-53(36(7)10-2)64(98)76-41-20-15-16-25-71-57(91)46(29-48(68)84)78-63(97)47(30-51(87)88)79-62(96)45(28-39-31-70-33-73-39)77-61(95)44(27-38-18-13-12-14-19-38)80-65(99)54(37(8)11-3)82-59(93)42(21-17-24-67)75-58(41)92/h12-14,18-19,31,33-37,40-47,49,52-54H,9-11,15-17,20-30,32,67,69H2,1-8H3,(H2,68,84)(H,70,73)(H,71,91)(H,74,89)(H,75,92)(H,76,98)(H,77,95)(H,78,97)(H,79,96)(H,80,99)(H,81,90)(H,82,93)(H,83,94)(H,85,86)(H,87,88)/t35?,36?,37?,40-,41-,42+,43+,44+,45-,46-,47+,49?,52-,53-,54-/m0/s1. The molecule has 0 spiro atoms. The van der Waals surface area contributed by atoms with E-state index in [4.69, 9.17) is 17.2 Å². The molecule has 20 N–H and O–H groups in total. The van der Waals surface area contributed by atoms with Gasteiger partial charge in [0.1, 0.15) is 65.7 Å². The van der Waals surface area contributed by atoms with E-state index in [1.54, 1.807) is 71.9 Å². The van der Waals surface area contributed by atoms with E-state index in [-0.39, 0.29) is 102 Å². The molecule has 12 amide bonds. The highest BCUT2D eigenvalue weighted by molar-refractivity contribution is 8.14. The van der Waals surface area contributed by atoms with Crippen molar-refractivity contribution in [2.24, 2.45) is 51.8 Å². The molecule has 1 saturated heterocycles. The first-order valence-electron chi connectivity index (χ1n) is 34.1. The molecule has 0 radical (unpaired) electrons. The van der Waals surface area contributed by atoms with Crippen LogP contribution in [0.25, 0.3) is 0 Å². The quantitative estimate of drug-likeness (QED) is 0.0383. The number of aliphatic carboxylic acids is 2. The van der Waals surface area contributed by atoms with Gasteiger partial charge in [-0.25, -0.2) is 4.98 Å². The first kappa shape index (κ1) is 83.4. The summed E-state index contributed by atoms with van der Waals surface area (Å²) in [5.41, 5.74) is 18.7. The fraction of sp³-hybridized carbons (Fsp3) is 0.636. The molecule has 2 aromatic rings. The number of aromatic amines is 1. The molecule has 4 rings (SSSR count). The van der Waals surface area contributed by atoms with Crippen LogP contribution in [-0.4, -0.2) is 193 Å². The molecule has 4 unspecified atom stereocenters. The van der Waals surface area contributed by atoms with Crippen molar-refractivity contribution < 1.29 is 77.3 Å². The number of carboxylic acids is 2. The van der Waals surface area contributed by atoms with Crippen LogP contribution in [0.2, 0.25) is 0 Å². The molecule has 554 valence electrons. The zero-order valence-electron chi connectivity index (χ0n) is 58.2. The fourth-order valence-electron chi connectivity index (χ4n) is 10.9. The molecule has 33 nitrogen and oxygen atoms in total.